The number of halogens is 3. The fraction of sp³-hybridized carbons (Fsp3) is 0.231. The van der Waals surface area contributed by atoms with Crippen LogP contribution in [0.1, 0.15) is 6.42 Å². The summed E-state index contributed by atoms with van der Waals surface area (Å²) in [6.07, 6.45) is 2.08. The molecule has 0 heterocycles. The number of rotatable bonds is 6. The Bertz CT molecular complexity index is 552. The van der Waals surface area contributed by atoms with Gasteiger partial charge in [-0.2, -0.15) is 5.26 Å². The topological polar surface area (TPSA) is 64.9 Å². The summed E-state index contributed by atoms with van der Waals surface area (Å²) in [6, 6.07) is 6.49. The number of alkyl halides is 1. The molecule has 1 amide bonds. The van der Waals surface area contributed by atoms with Crippen LogP contribution in [0.2, 0.25) is 10.0 Å². The van der Waals surface area contributed by atoms with E-state index in [1.807, 2.05) is 6.07 Å². The van der Waals surface area contributed by atoms with Gasteiger partial charge in [0.25, 0.3) is 5.91 Å². The second-order valence-electron chi connectivity index (χ2n) is 3.74. The zero-order chi connectivity index (χ0) is 15.0. The first-order valence-corrected chi connectivity index (χ1v) is 7.03. The number of anilines is 1. The van der Waals surface area contributed by atoms with Gasteiger partial charge in [-0.25, -0.2) is 0 Å². The van der Waals surface area contributed by atoms with Crippen LogP contribution in [0.3, 0.4) is 0 Å². The molecule has 0 aliphatic heterocycles. The summed E-state index contributed by atoms with van der Waals surface area (Å²) in [5.74, 6) is -0.0532. The van der Waals surface area contributed by atoms with Gasteiger partial charge in [0.15, 0.2) is 0 Å². The molecule has 1 aromatic carbocycles. The normalized spacial score (nSPS) is 10.8. The van der Waals surface area contributed by atoms with E-state index < -0.39 is 5.91 Å². The van der Waals surface area contributed by atoms with Gasteiger partial charge in [-0.15, -0.1) is 11.6 Å². The van der Waals surface area contributed by atoms with Gasteiger partial charge in [0.1, 0.15) is 11.6 Å². The third-order valence-electron chi connectivity index (χ3n) is 2.24. The average molecular weight is 333 g/mol. The molecule has 0 aliphatic rings. The molecule has 0 saturated carbocycles. The number of hydrogen-bond acceptors (Lipinski definition) is 3. The summed E-state index contributed by atoms with van der Waals surface area (Å²) in [4.78, 5) is 11.9. The standard InChI is InChI=1S/C13H12Cl3N3O/c14-4-1-5-18-8-9(7-17)13(20)19-12-6-10(15)2-3-11(12)16/h2-3,6,8,18H,1,4-5H2,(H,19,20)/b9-8-. The molecule has 0 aromatic heterocycles. The predicted octanol–water partition coefficient (Wildman–Crippen LogP) is 3.56. The number of nitrogens with zero attached hydrogens (tertiary/aromatic N) is 1. The molecule has 0 atom stereocenters. The molecular formula is C13H12Cl3N3O. The first kappa shape index (κ1) is 16.6. The highest BCUT2D eigenvalue weighted by atomic mass is 35.5. The van der Waals surface area contributed by atoms with E-state index in [1.165, 1.54) is 12.3 Å². The summed E-state index contributed by atoms with van der Waals surface area (Å²) in [5.41, 5.74) is 0.293. The van der Waals surface area contributed by atoms with Crippen molar-refractivity contribution in [2.75, 3.05) is 17.7 Å². The number of benzene rings is 1. The first-order valence-electron chi connectivity index (χ1n) is 5.74. The highest BCUT2D eigenvalue weighted by molar-refractivity contribution is 6.35. The van der Waals surface area contributed by atoms with Crippen molar-refractivity contribution in [3.8, 4) is 6.07 Å². The molecule has 106 valence electrons. The van der Waals surface area contributed by atoms with Crippen LogP contribution in [0.4, 0.5) is 5.69 Å². The van der Waals surface area contributed by atoms with Crippen molar-refractivity contribution < 1.29 is 4.79 Å². The summed E-state index contributed by atoms with van der Waals surface area (Å²) >= 11 is 17.3. The van der Waals surface area contributed by atoms with E-state index in [4.69, 9.17) is 40.1 Å². The van der Waals surface area contributed by atoms with Crippen molar-refractivity contribution in [3.63, 3.8) is 0 Å². The minimum atomic E-state index is -0.560. The Morgan fingerprint density at radius 1 is 1.40 bits per heavy atom. The molecule has 7 heteroatoms. The lowest BCUT2D eigenvalue weighted by Crippen LogP contribution is -2.17. The molecule has 0 radical (unpaired) electrons. The maximum absolute atomic E-state index is 11.9. The summed E-state index contributed by atoms with van der Waals surface area (Å²) < 4.78 is 0. The summed E-state index contributed by atoms with van der Waals surface area (Å²) in [6.45, 7) is 0.583. The van der Waals surface area contributed by atoms with Crippen LogP contribution >= 0.6 is 34.8 Å². The lowest BCUT2D eigenvalue weighted by molar-refractivity contribution is -0.112. The third-order valence-corrected chi connectivity index (χ3v) is 3.07. The van der Waals surface area contributed by atoms with Gasteiger partial charge in [-0.1, -0.05) is 23.2 Å². The largest absolute Gasteiger partial charge is 0.390 e. The van der Waals surface area contributed by atoms with Crippen molar-refractivity contribution in [1.29, 1.82) is 5.26 Å². The van der Waals surface area contributed by atoms with E-state index in [1.54, 1.807) is 12.1 Å². The Morgan fingerprint density at radius 2 is 2.15 bits per heavy atom. The van der Waals surface area contributed by atoms with E-state index in [0.29, 0.717) is 28.2 Å². The minimum Gasteiger partial charge on any atom is -0.390 e. The quantitative estimate of drug-likeness (QED) is 0.362. The monoisotopic (exact) mass is 331 g/mol. The van der Waals surface area contributed by atoms with E-state index >= 15 is 0 Å². The fourth-order valence-electron chi connectivity index (χ4n) is 1.27. The molecule has 2 N–H and O–H groups in total. The van der Waals surface area contributed by atoms with E-state index in [9.17, 15) is 4.79 Å². The van der Waals surface area contributed by atoms with Gasteiger partial charge in [0.05, 0.1) is 10.7 Å². The first-order chi connectivity index (χ1) is 9.58. The second-order valence-corrected chi connectivity index (χ2v) is 4.97. The van der Waals surface area contributed by atoms with Gasteiger partial charge in [-0.3, -0.25) is 4.79 Å². The molecule has 0 fully saturated rings. The van der Waals surface area contributed by atoms with Gasteiger partial charge < -0.3 is 10.6 Å². The maximum Gasteiger partial charge on any atom is 0.267 e. The summed E-state index contributed by atoms with van der Waals surface area (Å²) in [7, 11) is 0. The lowest BCUT2D eigenvalue weighted by atomic mass is 10.2. The number of hydrogen-bond donors (Lipinski definition) is 2. The van der Waals surface area contributed by atoms with Crippen LogP contribution < -0.4 is 10.6 Å². The Kier molecular flexibility index (Phi) is 7.24. The minimum absolute atomic E-state index is 0.0596. The highest BCUT2D eigenvalue weighted by Crippen LogP contribution is 2.25. The van der Waals surface area contributed by atoms with Crippen molar-refractivity contribution in [3.05, 3.63) is 40.0 Å². The highest BCUT2D eigenvalue weighted by Gasteiger charge is 2.11. The molecule has 1 rings (SSSR count). The van der Waals surface area contributed by atoms with Gasteiger partial charge in [0, 0.05) is 23.6 Å². The van der Waals surface area contributed by atoms with E-state index in [-0.39, 0.29) is 5.57 Å². The molecule has 0 bridgehead atoms. The number of carbonyl (C=O) groups excluding carboxylic acids is 1. The van der Waals surface area contributed by atoms with Crippen LogP contribution in [-0.4, -0.2) is 18.3 Å². The van der Waals surface area contributed by atoms with E-state index in [0.717, 1.165) is 6.42 Å². The van der Waals surface area contributed by atoms with Crippen LogP contribution in [-0.2, 0) is 4.79 Å². The zero-order valence-electron chi connectivity index (χ0n) is 10.4. The Hall–Kier alpha value is -1.41. The van der Waals surface area contributed by atoms with Gasteiger partial charge in [-0.05, 0) is 24.6 Å². The molecule has 0 unspecified atom stereocenters. The maximum atomic E-state index is 11.9. The fourth-order valence-corrected chi connectivity index (χ4v) is 1.75. The molecule has 4 nitrogen and oxygen atoms in total. The van der Waals surface area contributed by atoms with E-state index in [2.05, 4.69) is 10.6 Å². The molecule has 0 aliphatic carbocycles. The van der Waals surface area contributed by atoms with Gasteiger partial charge in [0.2, 0.25) is 0 Å². The molecule has 20 heavy (non-hydrogen) atoms. The smallest absolute Gasteiger partial charge is 0.267 e. The van der Waals surface area contributed by atoms with Crippen LogP contribution in [0.15, 0.2) is 30.0 Å². The van der Waals surface area contributed by atoms with Crippen LogP contribution in [0.25, 0.3) is 0 Å². The van der Waals surface area contributed by atoms with Crippen molar-refractivity contribution in [2.45, 2.75) is 6.42 Å². The number of amides is 1. The average Bonchev–Trinajstić information content (AvgIpc) is 2.43. The Labute approximate surface area is 132 Å². The molecule has 0 saturated heterocycles. The van der Waals surface area contributed by atoms with Crippen molar-refractivity contribution in [1.82, 2.24) is 5.32 Å². The van der Waals surface area contributed by atoms with Gasteiger partial charge >= 0.3 is 0 Å². The zero-order valence-corrected chi connectivity index (χ0v) is 12.7. The van der Waals surface area contributed by atoms with Crippen LogP contribution in [0, 0.1) is 11.3 Å². The predicted molar refractivity (Wildman–Crippen MR) is 82.1 cm³/mol. The van der Waals surface area contributed by atoms with Crippen molar-refractivity contribution in [2.24, 2.45) is 0 Å². The third kappa shape index (κ3) is 5.30. The molecule has 1 aromatic rings. The van der Waals surface area contributed by atoms with Crippen LogP contribution in [0.5, 0.6) is 0 Å². The Morgan fingerprint density at radius 3 is 2.80 bits per heavy atom. The molecular weight excluding hydrogens is 321 g/mol. The summed E-state index contributed by atoms with van der Waals surface area (Å²) in [5, 5.41) is 15.1. The number of nitrogens with one attached hydrogen (secondary N) is 2. The SMILES string of the molecule is N#C/C(=C/NCCCCl)C(=O)Nc1cc(Cl)ccc1Cl. The lowest BCUT2D eigenvalue weighted by Gasteiger charge is -2.07. The second kappa shape index (κ2) is 8.70. The Balaban J connectivity index is 2.73. The number of nitriles is 1. The number of carbonyl (C=O) groups is 1. The molecule has 0 spiro atoms. The van der Waals surface area contributed by atoms with Crippen molar-refractivity contribution >= 4 is 46.4 Å².